The Bertz CT molecular complexity index is 795. The first-order valence-electron chi connectivity index (χ1n) is 7.97. The molecule has 0 spiro atoms. The third-order valence-electron chi connectivity index (χ3n) is 3.39. The smallest absolute Gasteiger partial charge is 0.344 e. The zero-order chi connectivity index (χ0) is 19.3. The molecule has 1 aromatic carbocycles. The number of benzene rings is 1. The maximum absolute atomic E-state index is 11.8. The molecule has 7 nitrogen and oxygen atoms in total. The number of esters is 1. The summed E-state index contributed by atoms with van der Waals surface area (Å²) in [6, 6.07) is 6.66. The molecule has 1 heterocycles. The number of amides is 1. The van der Waals surface area contributed by atoms with Crippen molar-refractivity contribution in [3.05, 3.63) is 40.5 Å². The summed E-state index contributed by atoms with van der Waals surface area (Å²) >= 11 is 5.92. The average Bonchev–Trinajstić information content (AvgIpc) is 3.03. The number of anilines is 1. The molecule has 0 atom stereocenters. The van der Waals surface area contributed by atoms with Crippen LogP contribution in [0.25, 0.3) is 0 Å². The van der Waals surface area contributed by atoms with Crippen molar-refractivity contribution in [2.45, 2.75) is 33.1 Å². The van der Waals surface area contributed by atoms with Crippen LogP contribution in [0.3, 0.4) is 0 Å². The van der Waals surface area contributed by atoms with Crippen molar-refractivity contribution in [2.75, 3.05) is 18.5 Å². The summed E-state index contributed by atoms with van der Waals surface area (Å²) in [7, 11) is 0. The largest absolute Gasteiger partial charge is 0.482 e. The van der Waals surface area contributed by atoms with Gasteiger partial charge < -0.3 is 14.0 Å². The van der Waals surface area contributed by atoms with Gasteiger partial charge in [-0.2, -0.15) is 0 Å². The minimum Gasteiger partial charge on any atom is -0.482 e. The normalized spacial score (nSPS) is 11.1. The molecule has 0 saturated heterocycles. The maximum atomic E-state index is 11.8. The molecule has 140 valence electrons. The average molecular weight is 381 g/mol. The number of hydrogen-bond acceptors (Lipinski definition) is 6. The fourth-order valence-electron chi connectivity index (χ4n) is 1.90. The van der Waals surface area contributed by atoms with Crippen LogP contribution in [-0.2, 0) is 19.7 Å². The number of ether oxygens (including phenoxy) is 2. The Hall–Kier alpha value is -2.54. The third-order valence-corrected chi connectivity index (χ3v) is 3.82. The number of carbonyl (C=O) groups excluding carboxylic acids is 2. The van der Waals surface area contributed by atoms with Gasteiger partial charge in [-0.1, -0.05) is 37.5 Å². The molecule has 1 N–H and O–H groups in total. The van der Waals surface area contributed by atoms with Crippen LogP contribution in [0.4, 0.5) is 5.88 Å². The highest BCUT2D eigenvalue weighted by molar-refractivity contribution is 6.31. The lowest BCUT2D eigenvalue weighted by Crippen LogP contribution is -2.23. The third kappa shape index (κ3) is 5.77. The van der Waals surface area contributed by atoms with Gasteiger partial charge in [-0.3, -0.25) is 10.1 Å². The minimum absolute atomic E-state index is 0.198. The molecule has 0 bridgehead atoms. The first kappa shape index (κ1) is 19.8. The van der Waals surface area contributed by atoms with E-state index in [4.69, 9.17) is 25.6 Å². The molecule has 0 aliphatic heterocycles. The van der Waals surface area contributed by atoms with Crippen molar-refractivity contribution in [3.8, 4) is 5.75 Å². The van der Waals surface area contributed by atoms with Gasteiger partial charge in [0.2, 0.25) is 5.88 Å². The summed E-state index contributed by atoms with van der Waals surface area (Å²) < 4.78 is 15.2. The van der Waals surface area contributed by atoms with Crippen LogP contribution in [0.2, 0.25) is 5.02 Å². The minimum atomic E-state index is -0.666. The number of aromatic nitrogens is 1. The molecule has 0 aliphatic rings. The van der Waals surface area contributed by atoms with Gasteiger partial charge in [0.1, 0.15) is 5.75 Å². The van der Waals surface area contributed by atoms with E-state index in [1.807, 2.05) is 27.7 Å². The van der Waals surface area contributed by atoms with Gasteiger partial charge >= 0.3 is 5.97 Å². The first-order valence-corrected chi connectivity index (χ1v) is 8.34. The van der Waals surface area contributed by atoms with Crippen LogP contribution in [-0.4, -0.2) is 30.2 Å². The predicted molar refractivity (Wildman–Crippen MR) is 96.5 cm³/mol. The monoisotopic (exact) mass is 380 g/mol. The van der Waals surface area contributed by atoms with Crippen LogP contribution in [0.1, 0.15) is 32.0 Å². The van der Waals surface area contributed by atoms with Crippen LogP contribution in [0.15, 0.2) is 28.8 Å². The van der Waals surface area contributed by atoms with Crippen LogP contribution < -0.4 is 10.1 Å². The van der Waals surface area contributed by atoms with E-state index >= 15 is 0 Å². The number of hydrogen-bond donors (Lipinski definition) is 1. The van der Waals surface area contributed by atoms with E-state index < -0.39 is 18.5 Å². The molecule has 2 aromatic rings. The lowest BCUT2D eigenvalue weighted by atomic mass is 9.92. The number of rotatable bonds is 6. The molecule has 0 aliphatic carbocycles. The number of nitrogens with one attached hydrogen (secondary N) is 1. The van der Waals surface area contributed by atoms with Crippen molar-refractivity contribution in [1.29, 1.82) is 0 Å². The Labute approximate surface area is 156 Å². The highest BCUT2D eigenvalue weighted by Gasteiger charge is 2.20. The van der Waals surface area contributed by atoms with Crippen molar-refractivity contribution in [1.82, 2.24) is 5.16 Å². The number of halogens is 1. The fourth-order valence-corrected chi connectivity index (χ4v) is 2.02. The molecule has 26 heavy (non-hydrogen) atoms. The standard InChI is InChI=1S/C18H21ClN2O5/c1-11-7-12(5-6-13(11)19)24-10-17(23)25-9-15(22)20-16-8-14(21-26-16)18(2,3)4/h5-8H,9-10H2,1-4H3,(H,20,22). The van der Waals surface area contributed by atoms with E-state index in [9.17, 15) is 9.59 Å². The maximum Gasteiger partial charge on any atom is 0.344 e. The first-order chi connectivity index (χ1) is 12.1. The van der Waals surface area contributed by atoms with E-state index in [0.717, 1.165) is 5.56 Å². The van der Waals surface area contributed by atoms with E-state index in [1.165, 1.54) is 0 Å². The van der Waals surface area contributed by atoms with Crippen molar-refractivity contribution in [3.63, 3.8) is 0 Å². The van der Waals surface area contributed by atoms with Gasteiger partial charge in [0, 0.05) is 16.5 Å². The van der Waals surface area contributed by atoms with Crippen molar-refractivity contribution in [2.24, 2.45) is 0 Å². The van der Waals surface area contributed by atoms with Gasteiger partial charge in [0.15, 0.2) is 13.2 Å². The van der Waals surface area contributed by atoms with Crippen LogP contribution >= 0.6 is 11.6 Å². The van der Waals surface area contributed by atoms with E-state index in [2.05, 4.69) is 10.5 Å². The quantitative estimate of drug-likeness (QED) is 0.771. The van der Waals surface area contributed by atoms with Crippen molar-refractivity contribution >= 4 is 29.4 Å². The zero-order valence-electron chi connectivity index (χ0n) is 15.1. The second-order valence-corrected chi connectivity index (χ2v) is 7.14. The molecule has 0 fully saturated rings. The Kier molecular flexibility index (Phi) is 6.26. The van der Waals surface area contributed by atoms with E-state index in [-0.39, 0.29) is 17.9 Å². The number of nitrogens with zero attached hydrogens (tertiary/aromatic N) is 1. The van der Waals surface area contributed by atoms with Gasteiger partial charge in [-0.25, -0.2) is 4.79 Å². The molecule has 0 saturated carbocycles. The molecule has 1 aromatic heterocycles. The molecular formula is C18H21ClN2O5. The van der Waals surface area contributed by atoms with E-state index in [1.54, 1.807) is 24.3 Å². The summed E-state index contributed by atoms with van der Waals surface area (Å²) in [5.74, 6) is -0.508. The van der Waals surface area contributed by atoms with Gasteiger partial charge in [0.25, 0.3) is 5.91 Å². The zero-order valence-corrected chi connectivity index (χ0v) is 15.8. The second kappa shape index (κ2) is 8.23. The van der Waals surface area contributed by atoms with Crippen molar-refractivity contribution < 1.29 is 23.6 Å². The van der Waals surface area contributed by atoms with Gasteiger partial charge in [0.05, 0.1) is 5.69 Å². The summed E-state index contributed by atoms with van der Waals surface area (Å²) in [6.45, 7) is 6.98. The molecule has 0 radical (unpaired) electrons. The van der Waals surface area contributed by atoms with Gasteiger partial charge in [-0.05, 0) is 30.7 Å². The SMILES string of the molecule is Cc1cc(OCC(=O)OCC(=O)Nc2cc(C(C)(C)C)no2)ccc1Cl. The lowest BCUT2D eigenvalue weighted by Gasteiger charge is -2.12. The van der Waals surface area contributed by atoms with E-state index in [0.29, 0.717) is 16.5 Å². The number of carbonyl (C=O) groups is 2. The number of aryl methyl sites for hydroxylation is 1. The molecule has 2 rings (SSSR count). The molecule has 1 amide bonds. The van der Waals surface area contributed by atoms with Gasteiger partial charge in [-0.15, -0.1) is 0 Å². The Morgan fingerprint density at radius 2 is 1.96 bits per heavy atom. The lowest BCUT2D eigenvalue weighted by molar-refractivity contribution is -0.149. The molecule has 8 heteroatoms. The van der Waals surface area contributed by atoms with Crippen LogP contribution in [0.5, 0.6) is 5.75 Å². The fraction of sp³-hybridized carbons (Fsp3) is 0.389. The summed E-state index contributed by atoms with van der Waals surface area (Å²) in [4.78, 5) is 23.5. The Morgan fingerprint density at radius 3 is 2.58 bits per heavy atom. The van der Waals surface area contributed by atoms with Crippen LogP contribution in [0, 0.1) is 6.92 Å². The highest BCUT2D eigenvalue weighted by Crippen LogP contribution is 2.23. The second-order valence-electron chi connectivity index (χ2n) is 6.73. The molecule has 0 unspecified atom stereocenters. The highest BCUT2D eigenvalue weighted by atomic mass is 35.5. The topological polar surface area (TPSA) is 90.7 Å². The molecular weight excluding hydrogens is 360 g/mol. The summed E-state index contributed by atoms with van der Waals surface area (Å²) in [6.07, 6.45) is 0. The summed E-state index contributed by atoms with van der Waals surface area (Å²) in [5, 5.41) is 6.97. The summed E-state index contributed by atoms with van der Waals surface area (Å²) in [5.41, 5.74) is 1.34. The predicted octanol–water partition coefficient (Wildman–Crippen LogP) is 3.49. The Morgan fingerprint density at radius 1 is 1.23 bits per heavy atom. The Balaban J connectivity index is 1.75.